The molecule has 9 heteroatoms. The molecule has 1 amide bonds. The van der Waals surface area contributed by atoms with Gasteiger partial charge in [-0.25, -0.2) is 9.97 Å². The number of rotatable bonds is 6. The average Bonchev–Trinajstić information content (AvgIpc) is 2.85. The molecule has 0 radical (unpaired) electrons. The normalized spacial score (nSPS) is 14.3. The molecule has 3 aromatic rings. The highest BCUT2D eigenvalue weighted by Crippen LogP contribution is 2.32. The topological polar surface area (TPSA) is 58.6 Å². The Hall–Kier alpha value is -3.46. The molecule has 0 bridgehead atoms. The first-order valence-electron chi connectivity index (χ1n) is 11.4. The summed E-state index contributed by atoms with van der Waals surface area (Å²) in [7, 11) is 1.56. The van der Waals surface area contributed by atoms with E-state index in [9.17, 15) is 18.0 Å². The van der Waals surface area contributed by atoms with Crippen LogP contribution in [0.5, 0.6) is 0 Å². The molecule has 184 valence electrons. The van der Waals surface area contributed by atoms with Gasteiger partial charge in [-0.3, -0.25) is 4.79 Å². The summed E-state index contributed by atoms with van der Waals surface area (Å²) in [6.07, 6.45) is -4.20. The van der Waals surface area contributed by atoms with Crippen LogP contribution < -0.4 is 4.90 Å². The van der Waals surface area contributed by atoms with Gasteiger partial charge in [-0.1, -0.05) is 48.5 Å². The van der Waals surface area contributed by atoms with E-state index in [1.807, 2.05) is 30.3 Å². The van der Waals surface area contributed by atoms with Crippen molar-refractivity contribution in [3.8, 4) is 11.4 Å². The SMILES string of the molecule is COCc1nc(-c2ccccc2)nc(N2CCN(C(C)=O)CC2)c1Cc1cccc(C(F)(F)F)c1. The highest BCUT2D eigenvalue weighted by atomic mass is 19.4. The van der Waals surface area contributed by atoms with Gasteiger partial charge in [0, 0.05) is 57.8 Å². The van der Waals surface area contributed by atoms with Gasteiger partial charge < -0.3 is 14.5 Å². The molecule has 1 saturated heterocycles. The summed E-state index contributed by atoms with van der Waals surface area (Å²) in [5.41, 5.74) is 2.00. The van der Waals surface area contributed by atoms with Gasteiger partial charge in [0.25, 0.3) is 0 Å². The van der Waals surface area contributed by atoms with Crippen LogP contribution in [0.25, 0.3) is 11.4 Å². The van der Waals surface area contributed by atoms with Gasteiger partial charge in [-0.15, -0.1) is 0 Å². The fourth-order valence-electron chi connectivity index (χ4n) is 4.23. The van der Waals surface area contributed by atoms with Crippen molar-refractivity contribution in [1.29, 1.82) is 0 Å². The summed E-state index contributed by atoms with van der Waals surface area (Å²) in [6, 6.07) is 14.9. The van der Waals surface area contributed by atoms with Crippen molar-refractivity contribution >= 4 is 11.7 Å². The number of benzene rings is 2. The lowest BCUT2D eigenvalue weighted by Gasteiger charge is -2.36. The summed E-state index contributed by atoms with van der Waals surface area (Å²) in [6.45, 7) is 3.95. The first-order chi connectivity index (χ1) is 16.8. The Bertz CT molecular complexity index is 1180. The molecular weight excluding hydrogens is 457 g/mol. The van der Waals surface area contributed by atoms with Crippen LogP contribution in [0.4, 0.5) is 19.0 Å². The van der Waals surface area contributed by atoms with Crippen molar-refractivity contribution in [2.75, 3.05) is 38.2 Å². The molecule has 4 rings (SSSR count). The molecule has 1 fully saturated rings. The molecule has 6 nitrogen and oxygen atoms in total. The Morgan fingerprint density at radius 3 is 2.34 bits per heavy atom. The smallest absolute Gasteiger partial charge is 0.378 e. The number of hydrogen-bond donors (Lipinski definition) is 0. The fraction of sp³-hybridized carbons (Fsp3) is 0.346. The van der Waals surface area contributed by atoms with E-state index in [-0.39, 0.29) is 18.9 Å². The molecule has 1 aliphatic rings. The van der Waals surface area contributed by atoms with Gasteiger partial charge in [0.05, 0.1) is 17.9 Å². The van der Waals surface area contributed by atoms with Crippen molar-refractivity contribution in [2.45, 2.75) is 26.1 Å². The lowest BCUT2D eigenvalue weighted by atomic mass is 10.0. The number of carbonyl (C=O) groups excluding carboxylic acids is 1. The summed E-state index contributed by atoms with van der Waals surface area (Å²) in [5, 5.41) is 0. The molecule has 0 N–H and O–H groups in total. The molecule has 0 atom stereocenters. The Morgan fingerprint density at radius 2 is 1.71 bits per heavy atom. The van der Waals surface area contributed by atoms with Gasteiger partial charge in [-0.05, 0) is 11.6 Å². The molecule has 2 aromatic carbocycles. The van der Waals surface area contributed by atoms with E-state index >= 15 is 0 Å². The average molecular weight is 485 g/mol. The fourth-order valence-corrected chi connectivity index (χ4v) is 4.23. The van der Waals surface area contributed by atoms with E-state index in [1.165, 1.54) is 12.1 Å². The predicted octanol–water partition coefficient (Wildman–Crippen LogP) is 4.57. The van der Waals surface area contributed by atoms with Crippen LogP contribution in [0.15, 0.2) is 54.6 Å². The van der Waals surface area contributed by atoms with Crippen LogP contribution in [-0.4, -0.2) is 54.1 Å². The Balaban J connectivity index is 1.79. The highest BCUT2D eigenvalue weighted by molar-refractivity contribution is 5.73. The summed E-state index contributed by atoms with van der Waals surface area (Å²) in [5.74, 6) is 1.20. The van der Waals surface area contributed by atoms with Crippen LogP contribution in [-0.2, 0) is 28.7 Å². The third kappa shape index (κ3) is 5.79. The number of nitrogens with zero attached hydrogens (tertiary/aromatic N) is 4. The number of hydrogen-bond acceptors (Lipinski definition) is 5. The van der Waals surface area contributed by atoms with Gasteiger partial charge in [0.1, 0.15) is 5.82 Å². The Morgan fingerprint density at radius 1 is 1.00 bits per heavy atom. The zero-order valence-corrected chi connectivity index (χ0v) is 19.7. The number of aromatic nitrogens is 2. The third-order valence-electron chi connectivity index (χ3n) is 6.04. The molecule has 1 aliphatic heterocycles. The van der Waals surface area contributed by atoms with Crippen molar-refractivity contribution in [3.63, 3.8) is 0 Å². The van der Waals surface area contributed by atoms with Crippen molar-refractivity contribution < 1.29 is 22.7 Å². The second-order valence-corrected chi connectivity index (χ2v) is 8.46. The lowest BCUT2D eigenvalue weighted by molar-refractivity contribution is -0.137. The summed E-state index contributed by atoms with van der Waals surface area (Å²) in [4.78, 5) is 25.3. The molecule has 0 saturated carbocycles. The molecular formula is C26H27F3N4O2. The minimum Gasteiger partial charge on any atom is -0.378 e. The number of piperazine rings is 1. The van der Waals surface area contributed by atoms with E-state index in [1.54, 1.807) is 25.0 Å². The first kappa shape index (κ1) is 24.7. The van der Waals surface area contributed by atoms with Crippen LogP contribution in [0.3, 0.4) is 0 Å². The maximum Gasteiger partial charge on any atom is 0.416 e. The largest absolute Gasteiger partial charge is 0.416 e. The number of methoxy groups -OCH3 is 1. The van der Waals surface area contributed by atoms with Crippen molar-refractivity contribution in [3.05, 3.63) is 77.0 Å². The number of alkyl halides is 3. The standard InChI is InChI=1S/C26H27F3N4O2/c1-18(34)32-11-13-33(14-12-32)25-22(16-19-7-6-10-21(15-19)26(27,28)29)23(17-35-2)30-24(31-25)20-8-4-3-5-9-20/h3-10,15H,11-14,16-17H2,1-2H3. The maximum atomic E-state index is 13.3. The molecule has 35 heavy (non-hydrogen) atoms. The molecule has 0 spiro atoms. The quantitative estimate of drug-likeness (QED) is 0.513. The number of halogens is 3. The van der Waals surface area contributed by atoms with Gasteiger partial charge >= 0.3 is 6.18 Å². The van der Waals surface area contributed by atoms with Gasteiger partial charge in [-0.2, -0.15) is 13.2 Å². The number of anilines is 1. The molecule has 0 unspecified atom stereocenters. The minimum atomic E-state index is -4.43. The van der Waals surface area contributed by atoms with Crippen LogP contribution in [0.1, 0.15) is 29.3 Å². The first-order valence-corrected chi connectivity index (χ1v) is 11.4. The van der Waals surface area contributed by atoms with Crippen molar-refractivity contribution in [1.82, 2.24) is 14.9 Å². The lowest BCUT2D eigenvalue weighted by Crippen LogP contribution is -2.48. The molecule has 0 aliphatic carbocycles. The summed E-state index contributed by atoms with van der Waals surface area (Å²) >= 11 is 0. The van der Waals surface area contributed by atoms with Crippen LogP contribution in [0, 0.1) is 0 Å². The molecule has 2 heterocycles. The number of amides is 1. The molecule has 1 aromatic heterocycles. The third-order valence-corrected chi connectivity index (χ3v) is 6.04. The van der Waals surface area contributed by atoms with Crippen LogP contribution in [0.2, 0.25) is 0 Å². The second kappa shape index (κ2) is 10.4. The van der Waals surface area contributed by atoms with E-state index in [2.05, 4.69) is 4.90 Å². The predicted molar refractivity (Wildman–Crippen MR) is 127 cm³/mol. The summed E-state index contributed by atoms with van der Waals surface area (Å²) < 4.78 is 45.4. The van der Waals surface area contributed by atoms with E-state index in [4.69, 9.17) is 14.7 Å². The minimum absolute atomic E-state index is 0.0153. The highest BCUT2D eigenvalue weighted by Gasteiger charge is 2.31. The Kier molecular flexibility index (Phi) is 7.35. The van der Waals surface area contributed by atoms with Crippen molar-refractivity contribution in [2.24, 2.45) is 0 Å². The van der Waals surface area contributed by atoms with E-state index in [0.29, 0.717) is 49.1 Å². The zero-order valence-electron chi connectivity index (χ0n) is 19.7. The monoisotopic (exact) mass is 484 g/mol. The Labute approximate surface area is 202 Å². The zero-order chi connectivity index (χ0) is 25.0. The van der Waals surface area contributed by atoms with E-state index in [0.717, 1.165) is 17.2 Å². The van der Waals surface area contributed by atoms with Crippen LogP contribution >= 0.6 is 0 Å². The maximum absolute atomic E-state index is 13.3. The van der Waals surface area contributed by atoms with Gasteiger partial charge in [0.15, 0.2) is 5.82 Å². The van der Waals surface area contributed by atoms with E-state index < -0.39 is 11.7 Å². The van der Waals surface area contributed by atoms with Gasteiger partial charge in [0.2, 0.25) is 5.91 Å². The second-order valence-electron chi connectivity index (χ2n) is 8.46. The number of carbonyl (C=O) groups is 1. The number of ether oxygens (including phenoxy) is 1.